The molecule has 1 unspecified atom stereocenters. The first kappa shape index (κ1) is 19.7. The van der Waals surface area contributed by atoms with Crippen LogP contribution in [-0.2, 0) is 9.53 Å². The van der Waals surface area contributed by atoms with Crippen LogP contribution in [0.25, 0.3) is 0 Å². The number of carbonyl (C=O) groups excluding carboxylic acids is 1. The van der Waals surface area contributed by atoms with Crippen LogP contribution in [0.3, 0.4) is 0 Å². The zero-order valence-corrected chi connectivity index (χ0v) is 15.2. The van der Waals surface area contributed by atoms with E-state index in [9.17, 15) is 4.79 Å². The highest BCUT2D eigenvalue weighted by atomic mass is 35.5. The molecule has 0 saturated heterocycles. The maximum absolute atomic E-state index is 12.4. The monoisotopic (exact) mass is 342 g/mol. The van der Waals surface area contributed by atoms with E-state index in [1.54, 1.807) is 31.2 Å². The van der Waals surface area contributed by atoms with Gasteiger partial charge in [0.25, 0.3) is 0 Å². The molecule has 0 saturated carbocycles. The highest BCUT2D eigenvalue weighted by Gasteiger charge is 2.21. The Morgan fingerprint density at radius 1 is 1.17 bits per heavy atom. The quantitative estimate of drug-likeness (QED) is 0.613. The molecule has 6 heteroatoms. The van der Waals surface area contributed by atoms with Gasteiger partial charge >= 0.3 is 0 Å². The van der Waals surface area contributed by atoms with Crippen molar-refractivity contribution in [1.82, 2.24) is 9.80 Å². The van der Waals surface area contributed by atoms with Crippen molar-refractivity contribution in [1.29, 1.82) is 0 Å². The van der Waals surface area contributed by atoms with Gasteiger partial charge in [-0.3, -0.25) is 9.69 Å². The van der Waals surface area contributed by atoms with E-state index < -0.39 is 0 Å². The number of amides is 1. The molecule has 0 aliphatic rings. The van der Waals surface area contributed by atoms with Crippen LogP contribution in [0, 0.1) is 0 Å². The first-order chi connectivity index (χ1) is 11.0. The van der Waals surface area contributed by atoms with E-state index in [-0.39, 0.29) is 11.9 Å². The molecule has 0 aliphatic heterocycles. The van der Waals surface area contributed by atoms with Crippen LogP contribution in [-0.4, -0.2) is 69.3 Å². The summed E-state index contributed by atoms with van der Waals surface area (Å²) >= 11 is 5.83. The van der Waals surface area contributed by atoms with Crippen LogP contribution in [0.15, 0.2) is 24.3 Å². The Labute approximate surface area is 144 Å². The van der Waals surface area contributed by atoms with Gasteiger partial charge < -0.3 is 14.4 Å². The van der Waals surface area contributed by atoms with Gasteiger partial charge in [0, 0.05) is 32.3 Å². The zero-order chi connectivity index (χ0) is 17.2. The topological polar surface area (TPSA) is 42.0 Å². The SMILES string of the molecule is COCCCN(C)C(C)C(=O)N(C)CCOc1ccc(Cl)cc1. The van der Waals surface area contributed by atoms with E-state index in [0.717, 1.165) is 18.7 Å². The second kappa shape index (κ2) is 10.5. The van der Waals surface area contributed by atoms with Gasteiger partial charge in [-0.1, -0.05) is 11.6 Å². The second-order valence-corrected chi connectivity index (χ2v) is 6.00. The van der Waals surface area contributed by atoms with Gasteiger partial charge in [0.15, 0.2) is 0 Å². The average Bonchev–Trinajstić information content (AvgIpc) is 2.55. The number of carbonyl (C=O) groups is 1. The molecule has 23 heavy (non-hydrogen) atoms. The number of rotatable bonds is 10. The lowest BCUT2D eigenvalue weighted by Gasteiger charge is -2.28. The fourth-order valence-electron chi connectivity index (χ4n) is 2.10. The Morgan fingerprint density at radius 3 is 2.43 bits per heavy atom. The van der Waals surface area contributed by atoms with Gasteiger partial charge in [0.05, 0.1) is 12.6 Å². The van der Waals surface area contributed by atoms with Gasteiger partial charge in [0.2, 0.25) is 5.91 Å². The Morgan fingerprint density at radius 2 is 1.83 bits per heavy atom. The third-order valence-electron chi connectivity index (χ3n) is 3.76. The van der Waals surface area contributed by atoms with E-state index in [1.807, 2.05) is 31.0 Å². The molecule has 130 valence electrons. The van der Waals surface area contributed by atoms with Gasteiger partial charge in [-0.2, -0.15) is 0 Å². The summed E-state index contributed by atoms with van der Waals surface area (Å²) in [5.74, 6) is 0.838. The minimum absolute atomic E-state index is 0.0876. The molecular weight excluding hydrogens is 316 g/mol. The van der Waals surface area contributed by atoms with Crippen molar-refractivity contribution in [3.05, 3.63) is 29.3 Å². The van der Waals surface area contributed by atoms with Crippen molar-refractivity contribution in [2.75, 3.05) is 47.5 Å². The summed E-state index contributed by atoms with van der Waals surface area (Å²) in [6.07, 6.45) is 0.911. The molecule has 0 fully saturated rings. The third kappa shape index (κ3) is 7.20. The molecule has 1 aromatic rings. The predicted molar refractivity (Wildman–Crippen MR) is 93.2 cm³/mol. The summed E-state index contributed by atoms with van der Waals surface area (Å²) in [4.78, 5) is 16.1. The normalized spacial score (nSPS) is 12.3. The number of hydrogen-bond acceptors (Lipinski definition) is 4. The summed E-state index contributed by atoms with van der Waals surface area (Å²) in [6.45, 7) is 4.44. The lowest BCUT2D eigenvalue weighted by Crippen LogP contribution is -2.45. The van der Waals surface area contributed by atoms with Crippen LogP contribution in [0.2, 0.25) is 5.02 Å². The first-order valence-electron chi connectivity index (χ1n) is 7.78. The fourth-order valence-corrected chi connectivity index (χ4v) is 2.23. The molecule has 0 heterocycles. The Balaban J connectivity index is 2.33. The average molecular weight is 343 g/mol. The molecule has 1 amide bonds. The van der Waals surface area contributed by atoms with Crippen molar-refractivity contribution in [3.8, 4) is 5.75 Å². The van der Waals surface area contributed by atoms with Crippen molar-refractivity contribution < 1.29 is 14.3 Å². The minimum Gasteiger partial charge on any atom is -0.492 e. The van der Waals surface area contributed by atoms with Crippen LogP contribution in [0.1, 0.15) is 13.3 Å². The maximum atomic E-state index is 12.4. The molecule has 0 radical (unpaired) electrons. The lowest BCUT2D eigenvalue weighted by atomic mass is 10.2. The lowest BCUT2D eigenvalue weighted by molar-refractivity contribution is -0.135. The number of nitrogens with zero attached hydrogens (tertiary/aromatic N) is 2. The molecular formula is C17H27ClN2O3. The van der Waals surface area contributed by atoms with Crippen molar-refractivity contribution in [3.63, 3.8) is 0 Å². The standard InChI is InChI=1S/C17H27ClN2O3/c1-14(19(2)10-5-12-22-4)17(21)20(3)11-13-23-16-8-6-15(18)7-9-16/h6-9,14H,5,10-13H2,1-4H3. The number of ether oxygens (including phenoxy) is 2. The second-order valence-electron chi connectivity index (χ2n) is 5.57. The van der Waals surface area contributed by atoms with Crippen molar-refractivity contribution in [2.45, 2.75) is 19.4 Å². The van der Waals surface area contributed by atoms with E-state index in [2.05, 4.69) is 0 Å². The molecule has 0 aliphatic carbocycles. The molecule has 0 N–H and O–H groups in total. The Hall–Kier alpha value is -1.30. The third-order valence-corrected chi connectivity index (χ3v) is 4.02. The van der Waals surface area contributed by atoms with Gasteiger partial charge in [0.1, 0.15) is 12.4 Å². The van der Waals surface area contributed by atoms with Crippen molar-refractivity contribution >= 4 is 17.5 Å². The molecule has 1 aromatic carbocycles. The van der Waals surface area contributed by atoms with Crippen LogP contribution < -0.4 is 4.74 Å². The summed E-state index contributed by atoms with van der Waals surface area (Å²) in [5, 5.41) is 0.676. The van der Waals surface area contributed by atoms with E-state index in [0.29, 0.717) is 24.8 Å². The highest BCUT2D eigenvalue weighted by molar-refractivity contribution is 6.30. The van der Waals surface area contributed by atoms with Crippen LogP contribution in [0.4, 0.5) is 0 Å². The Kier molecular flexibility index (Phi) is 8.99. The van der Waals surface area contributed by atoms with Gasteiger partial charge in [-0.15, -0.1) is 0 Å². The summed E-state index contributed by atoms with van der Waals surface area (Å²) in [7, 11) is 5.44. The molecule has 0 bridgehead atoms. The molecule has 0 spiro atoms. The summed E-state index contributed by atoms with van der Waals surface area (Å²) < 4.78 is 10.7. The number of likely N-dealkylation sites (N-methyl/N-ethyl adjacent to an activating group) is 2. The maximum Gasteiger partial charge on any atom is 0.239 e. The number of benzene rings is 1. The van der Waals surface area contributed by atoms with E-state index in [1.165, 1.54) is 0 Å². The van der Waals surface area contributed by atoms with Gasteiger partial charge in [-0.05, 0) is 44.7 Å². The highest BCUT2D eigenvalue weighted by Crippen LogP contribution is 2.15. The summed E-state index contributed by atoms with van der Waals surface area (Å²) in [5.41, 5.74) is 0. The first-order valence-corrected chi connectivity index (χ1v) is 8.16. The zero-order valence-electron chi connectivity index (χ0n) is 14.4. The summed E-state index contributed by atoms with van der Waals surface area (Å²) in [6, 6.07) is 7.03. The minimum atomic E-state index is -0.160. The molecule has 0 aromatic heterocycles. The molecule has 1 rings (SSSR count). The number of methoxy groups -OCH3 is 1. The number of halogens is 1. The van der Waals surface area contributed by atoms with Crippen LogP contribution in [0.5, 0.6) is 5.75 Å². The number of hydrogen-bond donors (Lipinski definition) is 0. The molecule has 5 nitrogen and oxygen atoms in total. The fraction of sp³-hybridized carbons (Fsp3) is 0.588. The van der Waals surface area contributed by atoms with Crippen molar-refractivity contribution in [2.24, 2.45) is 0 Å². The van der Waals surface area contributed by atoms with Gasteiger partial charge in [-0.25, -0.2) is 0 Å². The predicted octanol–water partition coefficient (Wildman–Crippen LogP) is 2.53. The van der Waals surface area contributed by atoms with E-state index in [4.69, 9.17) is 21.1 Å². The Bertz CT molecular complexity index is 467. The van der Waals surface area contributed by atoms with Crippen LogP contribution >= 0.6 is 11.6 Å². The largest absolute Gasteiger partial charge is 0.492 e. The smallest absolute Gasteiger partial charge is 0.239 e. The van der Waals surface area contributed by atoms with E-state index >= 15 is 0 Å². The molecule has 1 atom stereocenters.